The lowest BCUT2D eigenvalue weighted by molar-refractivity contribution is -0.113. The van der Waals surface area contributed by atoms with Crippen molar-refractivity contribution in [2.75, 3.05) is 29.6 Å². The molecular formula is C21H21FN4O4S2. The van der Waals surface area contributed by atoms with Crippen molar-refractivity contribution in [1.82, 2.24) is 10.2 Å². The minimum Gasteiger partial charge on any atom is -0.490 e. The van der Waals surface area contributed by atoms with E-state index in [0.29, 0.717) is 45.4 Å². The van der Waals surface area contributed by atoms with E-state index in [9.17, 15) is 14.0 Å². The van der Waals surface area contributed by atoms with Crippen LogP contribution in [0, 0.1) is 5.82 Å². The second-order valence-corrected chi connectivity index (χ2v) is 8.40. The van der Waals surface area contributed by atoms with Crippen molar-refractivity contribution in [1.29, 1.82) is 0 Å². The molecule has 0 fully saturated rings. The van der Waals surface area contributed by atoms with E-state index >= 15 is 0 Å². The molecule has 0 radical (unpaired) electrons. The summed E-state index contributed by atoms with van der Waals surface area (Å²) in [7, 11) is 0. The summed E-state index contributed by atoms with van der Waals surface area (Å²) in [5.74, 6) is 0.0119. The summed E-state index contributed by atoms with van der Waals surface area (Å²) in [5, 5.41) is 13.5. The molecule has 11 heteroatoms. The van der Waals surface area contributed by atoms with Crippen molar-refractivity contribution >= 4 is 45.7 Å². The maximum absolute atomic E-state index is 13.2. The molecule has 32 heavy (non-hydrogen) atoms. The zero-order valence-electron chi connectivity index (χ0n) is 17.4. The lowest BCUT2D eigenvalue weighted by atomic mass is 10.2. The van der Waals surface area contributed by atoms with Crippen molar-refractivity contribution < 1.29 is 23.5 Å². The Morgan fingerprint density at radius 2 is 1.81 bits per heavy atom. The molecule has 0 atom stereocenters. The number of anilines is 2. The van der Waals surface area contributed by atoms with Gasteiger partial charge in [0.25, 0.3) is 5.91 Å². The predicted molar refractivity (Wildman–Crippen MR) is 122 cm³/mol. The normalized spacial score (nSPS) is 10.5. The highest BCUT2D eigenvalue weighted by molar-refractivity contribution is 8.01. The predicted octanol–water partition coefficient (Wildman–Crippen LogP) is 4.46. The second-order valence-electron chi connectivity index (χ2n) is 6.20. The number of carbonyl (C=O) groups is 2. The first-order chi connectivity index (χ1) is 15.5. The van der Waals surface area contributed by atoms with E-state index in [2.05, 4.69) is 20.8 Å². The number of rotatable bonds is 10. The molecule has 0 spiro atoms. The molecule has 0 aliphatic carbocycles. The number of hydrogen-bond acceptors (Lipinski definition) is 8. The molecule has 168 valence electrons. The largest absolute Gasteiger partial charge is 0.490 e. The van der Waals surface area contributed by atoms with Gasteiger partial charge in [0.1, 0.15) is 5.82 Å². The molecule has 2 N–H and O–H groups in total. The minimum absolute atomic E-state index is 0.0652. The first-order valence-electron chi connectivity index (χ1n) is 9.71. The van der Waals surface area contributed by atoms with Crippen LogP contribution in [0.25, 0.3) is 0 Å². The minimum atomic E-state index is -0.430. The van der Waals surface area contributed by atoms with Gasteiger partial charge in [-0.2, -0.15) is 0 Å². The molecule has 1 heterocycles. The molecular weight excluding hydrogens is 455 g/mol. The number of amides is 2. The third kappa shape index (κ3) is 6.66. The molecule has 3 rings (SSSR count). The van der Waals surface area contributed by atoms with Gasteiger partial charge in [-0.05, 0) is 50.2 Å². The molecule has 8 nitrogen and oxygen atoms in total. The standard InChI is InChI=1S/C21H21FN4O4S2/c1-3-29-16-9-8-13(10-17(16)30-4-2)19(28)24-20-25-26-21(32-20)31-12-18(27)23-15-7-5-6-14(22)11-15/h5-11H,3-4,12H2,1-2H3,(H,23,27)(H,24,25,28). The molecule has 0 unspecified atom stereocenters. The Balaban J connectivity index is 1.55. The van der Waals surface area contributed by atoms with Crippen molar-refractivity contribution in [2.45, 2.75) is 18.2 Å². The Labute approximate surface area is 192 Å². The van der Waals surface area contributed by atoms with Crippen LogP contribution in [0.15, 0.2) is 46.8 Å². The van der Waals surface area contributed by atoms with Gasteiger partial charge in [-0.25, -0.2) is 4.39 Å². The van der Waals surface area contributed by atoms with Gasteiger partial charge >= 0.3 is 0 Å². The third-order valence-electron chi connectivity index (χ3n) is 3.87. The average molecular weight is 477 g/mol. The number of thioether (sulfide) groups is 1. The van der Waals surface area contributed by atoms with Gasteiger partial charge < -0.3 is 14.8 Å². The molecule has 0 saturated carbocycles. The summed E-state index contributed by atoms with van der Waals surface area (Å²) < 4.78 is 24.8. The SMILES string of the molecule is CCOc1ccc(C(=O)Nc2nnc(SCC(=O)Nc3cccc(F)c3)s2)cc1OCC. The maximum Gasteiger partial charge on any atom is 0.257 e. The van der Waals surface area contributed by atoms with E-state index in [0.717, 1.165) is 23.1 Å². The summed E-state index contributed by atoms with van der Waals surface area (Å²) in [6, 6.07) is 10.6. The monoisotopic (exact) mass is 476 g/mol. The summed E-state index contributed by atoms with van der Waals surface area (Å²) >= 11 is 2.31. The van der Waals surface area contributed by atoms with E-state index in [1.807, 2.05) is 13.8 Å². The fraction of sp³-hybridized carbons (Fsp3) is 0.238. The zero-order valence-corrected chi connectivity index (χ0v) is 19.0. The molecule has 3 aromatic rings. The van der Waals surface area contributed by atoms with Gasteiger partial charge in [0, 0.05) is 11.3 Å². The molecule has 1 aromatic heterocycles. The lowest BCUT2D eigenvalue weighted by Gasteiger charge is -2.12. The van der Waals surface area contributed by atoms with Crippen LogP contribution >= 0.6 is 23.1 Å². The summed E-state index contributed by atoms with van der Waals surface area (Å²) in [4.78, 5) is 24.6. The van der Waals surface area contributed by atoms with Gasteiger partial charge in [-0.15, -0.1) is 10.2 Å². The highest BCUT2D eigenvalue weighted by Crippen LogP contribution is 2.30. The molecule has 2 amide bonds. The van der Waals surface area contributed by atoms with Crippen LogP contribution in [0.3, 0.4) is 0 Å². The van der Waals surface area contributed by atoms with Gasteiger partial charge in [0.2, 0.25) is 11.0 Å². The Morgan fingerprint density at radius 1 is 1.03 bits per heavy atom. The van der Waals surface area contributed by atoms with Gasteiger partial charge in [-0.1, -0.05) is 29.2 Å². The van der Waals surface area contributed by atoms with Crippen LogP contribution in [0.1, 0.15) is 24.2 Å². The van der Waals surface area contributed by atoms with Crippen molar-refractivity contribution in [2.24, 2.45) is 0 Å². The lowest BCUT2D eigenvalue weighted by Crippen LogP contribution is -2.13. The van der Waals surface area contributed by atoms with E-state index < -0.39 is 5.82 Å². The molecule has 0 aliphatic heterocycles. The first-order valence-corrected chi connectivity index (χ1v) is 11.5. The van der Waals surface area contributed by atoms with Crippen molar-refractivity contribution in [3.05, 3.63) is 53.8 Å². The van der Waals surface area contributed by atoms with Crippen LogP contribution in [0.5, 0.6) is 11.5 Å². The van der Waals surface area contributed by atoms with Crippen LogP contribution in [0.2, 0.25) is 0 Å². The number of hydrogen-bond donors (Lipinski definition) is 2. The fourth-order valence-corrected chi connectivity index (χ4v) is 4.12. The van der Waals surface area contributed by atoms with Crippen LogP contribution < -0.4 is 20.1 Å². The average Bonchev–Trinajstić information content (AvgIpc) is 3.21. The van der Waals surface area contributed by atoms with Crippen molar-refractivity contribution in [3.8, 4) is 11.5 Å². The molecule has 0 saturated heterocycles. The number of aromatic nitrogens is 2. The summed E-state index contributed by atoms with van der Waals surface area (Å²) in [5.41, 5.74) is 0.762. The third-order valence-corrected chi connectivity index (χ3v) is 5.84. The number of nitrogens with one attached hydrogen (secondary N) is 2. The Morgan fingerprint density at radius 3 is 2.56 bits per heavy atom. The van der Waals surface area contributed by atoms with E-state index in [1.54, 1.807) is 24.3 Å². The fourth-order valence-electron chi connectivity index (χ4n) is 2.57. The number of halogens is 1. The smallest absolute Gasteiger partial charge is 0.257 e. The number of benzene rings is 2. The second kappa shape index (κ2) is 11.4. The Kier molecular flexibility index (Phi) is 8.40. The summed E-state index contributed by atoms with van der Waals surface area (Å²) in [6.07, 6.45) is 0. The number of nitrogens with zero attached hydrogens (tertiary/aromatic N) is 2. The Bertz CT molecular complexity index is 1090. The topological polar surface area (TPSA) is 102 Å². The number of carbonyl (C=O) groups excluding carboxylic acids is 2. The first kappa shape index (κ1) is 23.5. The van der Waals surface area contributed by atoms with Crippen LogP contribution in [-0.4, -0.2) is 41.0 Å². The van der Waals surface area contributed by atoms with Crippen molar-refractivity contribution in [3.63, 3.8) is 0 Å². The van der Waals surface area contributed by atoms with E-state index in [1.165, 1.54) is 18.2 Å². The highest BCUT2D eigenvalue weighted by atomic mass is 32.2. The van der Waals surface area contributed by atoms with Gasteiger partial charge in [0.05, 0.1) is 19.0 Å². The highest BCUT2D eigenvalue weighted by Gasteiger charge is 2.15. The zero-order chi connectivity index (χ0) is 22.9. The quantitative estimate of drug-likeness (QED) is 0.329. The molecule has 0 bridgehead atoms. The van der Waals surface area contributed by atoms with E-state index in [-0.39, 0.29) is 17.6 Å². The van der Waals surface area contributed by atoms with Gasteiger partial charge in [-0.3, -0.25) is 14.9 Å². The number of ether oxygens (including phenoxy) is 2. The van der Waals surface area contributed by atoms with Crippen LogP contribution in [0.4, 0.5) is 15.2 Å². The van der Waals surface area contributed by atoms with Crippen LogP contribution in [-0.2, 0) is 4.79 Å². The molecule has 2 aromatic carbocycles. The van der Waals surface area contributed by atoms with Gasteiger partial charge in [0.15, 0.2) is 15.8 Å². The maximum atomic E-state index is 13.2. The summed E-state index contributed by atoms with van der Waals surface area (Å²) in [6.45, 7) is 4.64. The Hall–Kier alpha value is -3.18. The molecule has 0 aliphatic rings. The van der Waals surface area contributed by atoms with E-state index in [4.69, 9.17) is 9.47 Å².